The molecule has 0 bridgehead atoms. The lowest BCUT2D eigenvalue weighted by Gasteiger charge is -2.18. The molecule has 0 aliphatic carbocycles. The van der Waals surface area contributed by atoms with E-state index < -0.39 is 22.8 Å². The number of carbonyl (C=O) groups is 2. The van der Waals surface area contributed by atoms with Crippen molar-refractivity contribution in [1.82, 2.24) is 0 Å². The van der Waals surface area contributed by atoms with Gasteiger partial charge in [0, 0.05) is 16.4 Å². The minimum Gasteiger partial charge on any atom is -0.321 e. The van der Waals surface area contributed by atoms with Crippen LogP contribution in [0.2, 0.25) is 5.02 Å². The fourth-order valence-corrected chi connectivity index (χ4v) is 4.81. The van der Waals surface area contributed by atoms with E-state index in [-0.39, 0.29) is 16.5 Å². The smallest absolute Gasteiger partial charge is 0.269 e. The molecule has 5 nitrogen and oxygen atoms in total. The second-order valence-corrected chi connectivity index (χ2v) is 8.97. The lowest BCUT2D eigenvalue weighted by molar-refractivity contribution is -0.117. The van der Waals surface area contributed by atoms with Gasteiger partial charge in [-0.15, -0.1) is 0 Å². The average molecular weight is 496 g/mol. The van der Waals surface area contributed by atoms with Crippen molar-refractivity contribution >= 4 is 46.6 Å². The maximum absolute atomic E-state index is 13.5. The van der Waals surface area contributed by atoms with Crippen LogP contribution in [0, 0.1) is 23.0 Å². The molecule has 0 radical (unpaired) electrons. The van der Waals surface area contributed by atoms with Gasteiger partial charge in [-0.25, -0.2) is 8.78 Å². The molecule has 0 aromatic heterocycles. The quantitative estimate of drug-likeness (QED) is 0.365. The summed E-state index contributed by atoms with van der Waals surface area (Å²) < 4.78 is 26.7. The maximum atomic E-state index is 13.5. The fraction of sp³-hybridized carbons (Fsp3) is 0.0800. The first-order valence-electron chi connectivity index (χ1n) is 10.1. The third kappa shape index (κ3) is 5.11. The van der Waals surface area contributed by atoms with Crippen LogP contribution in [-0.4, -0.2) is 17.1 Å². The summed E-state index contributed by atoms with van der Waals surface area (Å²) in [5.74, 6) is -2.05. The topological polar surface area (TPSA) is 73.2 Å². The molecule has 3 aromatic rings. The summed E-state index contributed by atoms with van der Waals surface area (Å²) in [5.41, 5.74) is 1.19. The van der Waals surface area contributed by atoms with Crippen LogP contribution < -0.4 is 10.2 Å². The number of hydrogen-bond donors (Lipinski definition) is 1. The number of hydrogen-bond acceptors (Lipinski definition) is 4. The van der Waals surface area contributed by atoms with Gasteiger partial charge in [-0.1, -0.05) is 35.5 Å². The fourth-order valence-electron chi connectivity index (χ4n) is 3.37. The molecule has 170 valence electrons. The van der Waals surface area contributed by atoms with Crippen molar-refractivity contribution in [3.05, 3.63) is 106 Å². The molecule has 1 atom stereocenters. The number of nitrogens with zero attached hydrogens (tertiary/aromatic N) is 2. The summed E-state index contributed by atoms with van der Waals surface area (Å²) in [6.45, 7) is 0. The van der Waals surface area contributed by atoms with Crippen molar-refractivity contribution in [2.24, 2.45) is 0 Å². The highest BCUT2D eigenvalue weighted by Crippen LogP contribution is 2.42. The molecule has 1 fully saturated rings. The summed E-state index contributed by atoms with van der Waals surface area (Å²) in [5, 5.41) is 12.5. The van der Waals surface area contributed by atoms with Crippen molar-refractivity contribution in [2.45, 2.75) is 11.7 Å². The van der Waals surface area contributed by atoms with E-state index in [0.29, 0.717) is 22.8 Å². The lowest BCUT2D eigenvalue weighted by Crippen LogP contribution is -2.30. The highest BCUT2D eigenvalue weighted by molar-refractivity contribution is 8.05. The number of rotatable bonds is 5. The van der Waals surface area contributed by atoms with E-state index in [4.69, 9.17) is 11.6 Å². The number of benzene rings is 3. The zero-order valence-corrected chi connectivity index (χ0v) is 19.0. The Morgan fingerprint density at radius 2 is 1.59 bits per heavy atom. The highest BCUT2D eigenvalue weighted by Gasteiger charge is 2.40. The molecule has 9 heteroatoms. The Bertz CT molecular complexity index is 1300. The van der Waals surface area contributed by atoms with Gasteiger partial charge in [0.1, 0.15) is 28.3 Å². The van der Waals surface area contributed by atoms with Gasteiger partial charge in [0.25, 0.3) is 5.91 Å². The standard InChI is InChI=1S/C25H16ClF2N3O2S/c26-16-3-1-15(2-4-16)13-22-24(33)31(20-11-7-18(28)8-12-20)25(34-22)21(14-29)23(32)30-19-9-5-17(27)6-10-19/h1-12,22H,13H2,(H,30,32)/b25-21+/t22-/m1/s1. The molecule has 4 rings (SSSR count). The molecule has 1 aliphatic heterocycles. The van der Waals surface area contributed by atoms with Crippen molar-refractivity contribution in [3.63, 3.8) is 0 Å². The Morgan fingerprint density at radius 3 is 2.18 bits per heavy atom. The molecule has 0 spiro atoms. The Morgan fingerprint density at radius 1 is 1.00 bits per heavy atom. The van der Waals surface area contributed by atoms with Gasteiger partial charge in [-0.2, -0.15) is 5.26 Å². The van der Waals surface area contributed by atoms with Gasteiger partial charge in [0.05, 0.1) is 5.25 Å². The van der Waals surface area contributed by atoms with Crippen LogP contribution in [-0.2, 0) is 16.0 Å². The predicted molar refractivity (Wildman–Crippen MR) is 128 cm³/mol. The Labute approximate surface area is 203 Å². The predicted octanol–water partition coefficient (Wildman–Crippen LogP) is 5.68. The monoisotopic (exact) mass is 495 g/mol. The molecule has 3 aromatic carbocycles. The van der Waals surface area contributed by atoms with Gasteiger partial charge in [-0.3, -0.25) is 14.5 Å². The van der Waals surface area contributed by atoms with Crippen LogP contribution >= 0.6 is 23.4 Å². The normalized spacial score (nSPS) is 16.8. The lowest BCUT2D eigenvalue weighted by atomic mass is 10.1. The largest absolute Gasteiger partial charge is 0.321 e. The molecule has 0 saturated carbocycles. The van der Waals surface area contributed by atoms with E-state index in [9.17, 15) is 23.6 Å². The number of nitrogens with one attached hydrogen (secondary N) is 1. The molecule has 2 amide bonds. The van der Waals surface area contributed by atoms with Gasteiger partial charge in [0.2, 0.25) is 5.91 Å². The van der Waals surface area contributed by atoms with Crippen LogP contribution in [0.3, 0.4) is 0 Å². The van der Waals surface area contributed by atoms with E-state index in [1.165, 1.54) is 53.4 Å². The van der Waals surface area contributed by atoms with Crippen LogP contribution in [0.5, 0.6) is 0 Å². The SMILES string of the molecule is N#C/C(C(=O)Nc1ccc(F)cc1)=C1\S[C@H](Cc2ccc(Cl)cc2)C(=O)N1c1ccc(F)cc1. The van der Waals surface area contributed by atoms with Crippen molar-refractivity contribution in [3.8, 4) is 6.07 Å². The third-order valence-electron chi connectivity index (χ3n) is 5.03. The molecular weight excluding hydrogens is 480 g/mol. The van der Waals surface area contributed by atoms with E-state index in [1.807, 2.05) is 6.07 Å². The van der Waals surface area contributed by atoms with Crippen LogP contribution in [0.1, 0.15) is 5.56 Å². The zero-order valence-electron chi connectivity index (χ0n) is 17.5. The summed E-state index contributed by atoms with van der Waals surface area (Å²) in [6.07, 6.45) is 0.333. The summed E-state index contributed by atoms with van der Waals surface area (Å²) >= 11 is 7.03. The maximum Gasteiger partial charge on any atom is 0.269 e. The average Bonchev–Trinajstić information content (AvgIpc) is 3.13. The second-order valence-electron chi connectivity index (χ2n) is 7.34. The highest BCUT2D eigenvalue weighted by atomic mass is 35.5. The van der Waals surface area contributed by atoms with Crippen LogP contribution in [0.25, 0.3) is 0 Å². The van der Waals surface area contributed by atoms with Gasteiger partial charge in [0.15, 0.2) is 0 Å². The minimum atomic E-state index is -0.747. The molecule has 1 aliphatic rings. The number of thioether (sulfide) groups is 1. The Kier molecular flexibility index (Phi) is 6.96. The van der Waals surface area contributed by atoms with E-state index in [1.54, 1.807) is 24.3 Å². The first-order chi connectivity index (χ1) is 16.4. The first kappa shape index (κ1) is 23.5. The van der Waals surface area contributed by atoms with E-state index >= 15 is 0 Å². The van der Waals surface area contributed by atoms with Gasteiger partial charge in [-0.05, 0) is 72.6 Å². The molecule has 1 N–H and O–H groups in total. The van der Waals surface area contributed by atoms with Crippen LogP contribution in [0.15, 0.2) is 83.4 Å². The first-order valence-corrected chi connectivity index (χ1v) is 11.3. The molecule has 1 heterocycles. The zero-order chi connectivity index (χ0) is 24.2. The van der Waals surface area contributed by atoms with Crippen molar-refractivity contribution in [1.29, 1.82) is 5.26 Å². The number of carbonyl (C=O) groups excluding carboxylic acids is 2. The number of nitriles is 1. The number of amides is 2. The van der Waals surface area contributed by atoms with Crippen molar-refractivity contribution < 1.29 is 18.4 Å². The third-order valence-corrected chi connectivity index (χ3v) is 6.54. The molecular formula is C25H16ClF2N3O2S. The molecule has 34 heavy (non-hydrogen) atoms. The summed E-state index contributed by atoms with van der Waals surface area (Å²) in [4.78, 5) is 27.6. The van der Waals surface area contributed by atoms with Gasteiger partial charge >= 0.3 is 0 Å². The number of halogens is 3. The van der Waals surface area contributed by atoms with Crippen molar-refractivity contribution in [2.75, 3.05) is 10.2 Å². The Hall–Kier alpha value is -3.67. The summed E-state index contributed by atoms with van der Waals surface area (Å²) in [7, 11) is 0. The molecule has 1 saturated heterocycles. The minimum absolute atomic E-state index is 0.137. The summed E-state index contributed by atoms with van der Waals surface area (Å²) in [6, 6.07) is 19.2. The number of anilines is 2. The second kappa shape index (κ2) is 10.1. The molecule has 0 unspecified atom stereocenters. The van der Waals surface area contributed by atoms with E-state index in [2.05, 4.69) is 5.32 Å². The van der Waals surface area contributed by atoms with Crippen LogP contribution in [0.4, 0.5) is 20.2 Å². The Balaban J connectivity index is 1.71. The van der Waals surface area contributed by atoms with Gasteiger partial charge < -0.3 is 5.32 Å². The van der Waals surface area contributed by atoms with E-state index in [0.717, 1.165) is 17.3 Å².